The SMILES string of the molecule is COc1ccc(C(Cl)CN2CC(C)OC(C)C2)cc1. The maximum Gasteiger partial charge on any atom is 0.118 e. The van der Waals surface area contributed by atoms with Gasteiger partial charge in [-0.1, -0.05) is 12.1 Å². The zero-order chi connectivity index (χ0) is 13.8. The number of morpholine rings is 1. The molecule has 1 heterocycles. The second-order valence-corrected chi connectivity index (χ2v) is 5.74. The molecule has 0 bridgehead atoms. The number of rotatable bonds is 4. The summed E-state index contributed by atoms with van der Waals surface area (Å²) >= 11 is 6.51. The number of ether oxygens (including phenoxy) is 2. The van der Waals surface area contributed by atoms with E-state index >= 15 is 0 Å². The Balaban J connectivity index is 1.93. The standard InChI is InChI=1S/C15H22ClNO2/c1-11-8-17(9-12(2)19-11)10-15(16)13-4-6-14(18-3)7-5-13/h4-7,11-12,15H,8-10H2,1-3H3. The van der Waals surface area contributed by atoms with Crippen molar-refractivity contribution < 1.29 is 9.47 Å². The highest BCUT2D eigenvalue weighted by Crippen LogP contribution is 2.25. The summed E-state index contributed by atoms with van der Waals surface area (Å²) in [6.07, 6.45) is 0.562. The zero-order valence-electron chi connectivity index (χ0n) is 11.8. The molecule has 19 heavy (non-hydrogen) atoms. The number of hydrogen-bond donors (Lipinski definition) is 0. The molecule has 4 heteroatoms. The van der Waals surface area contributed by atoms with Crippen molar-refractivity contribution in [2.24, 2.45) is 0 Å². The molecule has 0 aliphatic carbocycles. The van der Waals surface area contributed by atoms with Crippen LogP contribution in [0, 0.1) is 0 Å². The summed E-state index contributed by atoms with van der Waals surface area (Å²) < 4.78 is 10.9. The lowest BCUT2D eigenvalue weighted by Gasteiger charge is -2.36. The third-order valence-corrected chi connectivity index (χ3v) is 3.78. The maximum atomic E-state index is 6.51. The fourth-order valence-corrected chi connectivity index (χ4v) is 2.92. The molecule has 1 aromatic carbocycles. The minimum atomic E-state index is 0.00315. The van der Waals surface area contributed by atoms with Crippen LogP contribution in [-0.2, 0) is 4.74 Å². The highest BCUT2D eigenvalue weighted by molar-refractivity contribution is 6.21. The predicted octanol–water partition coefficient (Wildman–Crippen LogP) is 3.08. The van der Waals surface area contributed by atoms with Gasteiger partial charge in [0.1, 0.15) is 5.75 Å². The van der Waals surface area contributed by atoms with Crippen LogP contribution in [0.2, 0.25) is 0 Å². The molecule has 0 spiro atoms. The Morgan fingerprint density at radius 2 is 1.84 bits per heavy atom. The fraction of sp³-hybridized carbons (Fsp3) is 0.600. The Labute approximate surface area is 120 Å². The average molecular weight is 284 g/mol. The molecule has 1 aromatic rings. The predicted molar refractivity (Wildman–Crippen MR) is 78.0 cm³/mol. The molecule has 0 radical (unpaired) electrons. The Morgan fingerprint density at radius 3 is 2.37 bits per heavy atom. The van der Waals surface area contributed by atoms with Crippen LogP contribution in [0.3, 0.4) is 0 Å². The first-order chi connectivity index (χ1) is 9.08. The number of hydrogen-bond acceptors (Lipinski definition) is 3. The molecule has 0 amide bonds. The van der Waals surface area contributed by atoms with E-state index in [9.17, 15) is 0 Å². The first-order valence-corrected chi connectivity index (χ1v) is 7.18. The van der Waals surface area contributed by atoms with E-state index in [0.29, 0.717) is 0 Å². The molecule has 0 aromatic heterocycles. The van der Waals surface area contributed by atoms with E-state index in [1.165, 1.54) is 0 Å². The van der Waals surface area contributed by atoms with E-state index < -0.39 is 0 Å². The molecule has 0 N–H and O–H groups in total. The van der Waals surface area contributed by atoms with E-state index in [2.05, 4.69) is 18.7 Å². The topological polar surface area (TPSA) is 21.7 Å². The van der Waals surface area contributed by atoms with Gasteiger partial charge >= 0.3 is 0 Å². The highest BCUT2D eigenvalue weighted by atomic mass is 35.5. The van der Waals surface area contributed by atoms with Crippen molar-refractivity contribution >= 4 is 11.6 Å². The maximum absolute atomic E-state index is 6.51. The van der Waals surface area contributed by atoms with Gasteiger partial charge in [0.15, 0.2) is 0 Å². The van der Waals surface area contributed by atoms with Gasteiger partial charge in [0.2, 0.25) is 0 Å². The van der Waals surface area contributed by atoms with E-state index in [4.69, 9.17) is 21.1 Å². The molecule has 2 rings (SSSR count). The van der Waals surface area contributed by atoms with Crippen LogP contribution in [0.25, 0.3) is 0 Å². The van der Waals surface area contributed by atoms with Gasteiger partial charge in [0.25, 0.3) is 0 Å². The van der Waals surface area contributed by atoms with E-state index in [0.717, 1.165) is 30.9 Å². The second kappa shape index (κ2) is 6.60. The summed E-state index contributed by atoms with van der Waals surface area (Å²) in [7, 11) is 1.67. The summed E-state index contributed by atoms with van der Waals surface area (Å²) in [5, 5.41) is 0.00315. The van der Waals surface area contributed by atoms with Gasteiger partial charge in [-0.3, -0.25) is 4.90 Å². The van der Waals surface area contributed by atoms with Crippen molar-refractivity contribution in [3.05, 3.63) is 29.8 Å². The molecule has 1 aliphatic rings. The number of nitrogens with zero attached hydrogens (tertiary/aromatic N) is 1. The lowest BCUT2D eigenvalue weighted by Crippen LogP contribution is -2.46. The average Bonchev–Trinajstić information content (AvgIpc) is 2.37. The molecular formula is C15H22ClNO2. The van der Waals surface area contributed by atoms with Crippen LogP contribution in [0.15, 0.2) is 24.3 Å². The number of halogens is 1. The summed E-state index contributed by atoms with van der Waals surface area (Å²) in [6.45, 7) is 6.97. The Morgan fingerprint density at radius 1 is 1.26 bits per heavy atom. The number of methoxy groups -OCH3 is 1. The quantitative estimate of drug-likeness (QED) is 0.793. The van der Waals surface area contributed by atoms with Crippen molar-refractivity contribution in [1.82, 2.24) is 4.90 Å². The first-order valence-electron chi connectivity index (χ1n) is 6.74. The number of alkyl halides is 1. The van der Waals surface area contributed by atoms with Gasteiger partial charge in [0.05, 0.1) is 24.7 Å². The summed E-state index contributed by atoms with van der Waals surface area (Å²) in [5.41, 5.74) is 1.13. The van der Waals surface area contributed by atoms with Crippen molar-refractivity contribution in [3.8, 4) is 5.75 Å². The number of benzene rings is 1. The molecule has 106 valence electrons. The van der Waals surface area contributed by atoms with E-state index in [1.54, 1.807) is 7.11 Å². The molecule has 1 fully saturated rings. The van der Waals surface area contributed by atoms with Gasteiger partial charge in [-0.15, -0.1) is 11.6 Å². The summed E-state index contributed by atoms with van der Waals surface area (Å²) in [4.78, 5) is 2.38. The van der Waals surface area contributed by atoms with Crippen molar-refractivity contribution in [1.29, 1.82) is 0 Å². The zero-order valence-corrected chi connectivity index (χ0v) is 12.6. The molecular weight excluding hydrogens is 262 g/mol. The third-order valence-electron chi connectivity index (χ3n) is 3.39. The van der Waals surface area contributed by atoms with E-state index in [-0.39, 0.29) is 17.6 Å². The normalized spacial score (nSPS) is 26.1. The summed E-state index contributed by atoms with van der Waals surface area (Å²) in [6, 6.07) is 7.97. The van der Waals surface area contributed by atoms with Crippen molar-refractivity contribution in [2.75, 3.05) is 26.7 Å². The first kappa shape index (κ1) is 14.6. The van der Waals surface area contributed by atoms with Gasteiger partial charge in [-0.05, 0) is 31.5 Å². The lowest BCUT2D eigenvalue weighted by atomic mass is 10.1. The van der Waals surface area contributed by atoms with Gasteiger partial charge in [-0.25, -0.2) is 0 Å². The van der Waals surface area contributed by atoms with Gasteiger partial charge < -0.3 is 9.47 Å². The summed E-state index contributed by atoms with van der Waals surface area (Å²) in [5.74, 6) is 0.862. The van der Waals surface area contributed by atoms with Gasteiger partial charge in [-0.2, -0.15) is 0 Å². The van der Waals surface area contributed by atoms with Crippen LogP contribution >= 0.6 is 11.6 Å². The molecule has 3 atom stereocenters. The monoisotopic (exact) mass is 283 g/mol. The molecule has 3 unspecified atom stereocenters. The van der Waals surface area contributed by atoms with Crippen LogP contribution in [0.5, 0.6) is 5.75 Å². The Bertz CT molecular complexity index is 386. The van der Waals surface area contributed by atoms with Crippen LogP contribution < -0.4 is 4.74 Å². The smallest absolute Gasteiger partial charge is 0.118 e. The van der Waals surface area contributed by atoms with Crippen molar-refractivity contribution in [3.63, 3.8) is 0 Å². The van der Waals surface area contributed by atoms with E-state index in [1.807, 2.05) is 24.3 Å². The molecule has 1 aliphatic heterocycles. The third kappa shape index (κ3) is 4.10. The largest absolute Gasteiger partial charge is 0.497 e. The minimum Gasteiger partial charge on any atom is -0.497 e. The van der Waals surface area contributed by atoms with Gasteiger partial charge in [0, 0.05) is 19.6 Å². The fourth-order valence-electron chi connectivity index (χ4n) is 2.58. The molecule has 0 saturated carbocycles. The Kier molecular flexibility index (Phi) is 5.08. The van der Waals surface area contributed by atoms with Crippen LogP contribution in [0.1, 0.15) is 24.8 Å². The lowest BCUT2D eigenvalue weighted by molar-refractivity contribution is -0.0678. The van der Waals surface area contributed by atoms with Crippen molar-refractivity contribution in [2.45, 2.75) is 31.4 Å². The van der Waals surface area contributed by atoms with Crippen LogP contribution in [0.4, 0.5) is 0 Å². The minimum absolute atomic E-state index is 0.00315. The highest BCUT2D eigenvalue weighted by Gasteiger charge is 2.24. The molecule has 1 saturated heterocycles. The van der Waals surface area contributed by atoms with Crippen LogP contribution in [-0.4, -0.2) is 43.9 Å². The Hall–Kier alpha value is -0.770. The second-order valence-electron chi connectivity index (χ2n) is 5.22. The molecule has 3 nitrogen and oxygen atoms in total.